The predicted molar refractivity (Wildman–Crippen MR) is 124 cm³/mol. The molecule has 0 bridgehead atoms. The minimum Gasteiger partial charge on any atom is -0.362 e. The largest absolute Gasteiger partial charge is 0.362 e. The van der Waals surface area contributed by atoms with Gasteiger partial charge in [-0.1, -0.05) is 12.1 Å². The number of amides is 1. The molecule has 8 heteroatoms. The van der Waals surface area contributed by atoms with Crippen LogP contribution in [0.5, 0.6) is 0 Å². The summed E-state index contributed by atoms with van der Waals surface area (Å²) < 4.78 is 1.82. The number of benzene rings is 1. The van der Waals surface area contributed by atoms with Crippen molar-refractivity contribution >= 4 is 28.6 Å². The van der Waals surface area contributed by atoms with Crippen molar-refractivity contribution in [1.29, 1.82) is 0 Å². The van der Waals surface area contributed by atoms with E-state index < -0.39 is 0 Å². The number of aryl methyl sites for hydroxylation is 3. The fraction of sp³-hybridized carbons (Fsp3) is 0.292. The normalized spacial score (nSPS) is 13.7. The average molecular weight is 428 g/mol. The molecule has 0 saturated heterocycles. The van der Waals surface area contributed by atoms with Crippen LogP contribution in [-0.4, -0.2) is 30.6 Å². The number of fused-ring (bicyclic) bond motifs is 2. The average Bonchev–Trinajstić information content (AvgIpc) is 3.44. The van der Waals surface area contributed by atoms with Crippen LogP contribution in [0.15, 0.2) is 48.9 Å². The zero-order valence-electron chi connectivity index (χ0n) is 18.2. The molecular formula is C24H25N7O. The molecule has 1 atom stereocenters. The summed E-state index contributed by atoms with van der Waals surface area (Å²) in [5.74, 6) is 0.512. The van der Waals surface area contributed by atoms with Crippen LogP contribution in [0.3, 0.4) is 0 Å². The van der Waals surface area contributed by atoms with Gasteiger partial charge in [0, 0.05) is 24.1 Å². The lowest BCUT2D eigenvalue weighted by Crippen LogP contribution is -2.14. The zero-order chi connectivity index (χ0) is 22.1. The highest BCUT2D eigenvalue weighted by molar-refractivity contribution is 6.04. The first-order valence-electron chi connectivity index (χ1n) is 10.9. The van der Waals surface area contributed by atoms with Gasteiger partial charge in [0.2, 0.25) is 5.65 Å². The van der Waals surface area contributed by atoms with E-state index in [0.717, 1.165) is 48.3 Å². The third kappa shape index (κ3) is 4.03. The van der Waals surface area contributed by atoms with Gasteiger partial charge in [-0.15, -0.1) is 0 Å². The van der Waals surface area contributed by atoms with Crippen molar-refractivity contribution in [3.05, 3.63) is 71.3 Å². The molecule has 0 radical (unpaired) electrons. The molecule has 0 spiro atoms. The van der Waals surface area contributed by atoms with E-state index in [1.807, 2.05) is 55.1 Å². The Labute approximate surface area is 186 Å². The Balaban J connectivity index is 1.29. The lowest BCUT2D eigenvalue weighted by atomic mass is 10.1. The number of aromatic nitrogens is 5. The highest BCUT2D eigenvalue weighted by Crippen LogP contribution is 2.23. The van der Waals surface area contributed by atoms with E-state index in [4.69, 9.17) is 0 Å². The van der Waals surface area contributed by atoms with Crippen LogP contribution in [0.2, 0.25) is 0 Å². The third-order valence-electron chi connectivity index (χ3n) is 5.79. The van der Waals surface area contributed by atoms with Crippen LogP contribution in [-0.2, 0) is 19.4 Å². The van der Waals surface area contributed by atoms with Crippen LogP contribution in [0.25, 0.3) is 11.2 Å². The van der Waals surface area contributed by atoms with Gasteiger partial charge in [0.1, 0.15) is 11.3 Å². The first-order valence-corrected chi connectivity index (χ1v) is 10.9. The predicted octanol–water partition coefficient (Wildman–Crippen LogP) is 4.16. The Morgan fingerprint density at radius 2 is 2.09 bits per heavy atom. The van der Waals surface area contributed by atoms with Crippen LogP contribution >= 0.6 is 0 Å². The van der Waals surface area contributed by atoms with E-state index in [2.05, 4.69) is 30.7 Å². The summed E-state index contributed by atoms with van der Waals surface area (Å²) in [7, 11) is 0. The molecule has 1 amide bonds. The highest BCUT2D eigenvalue weighted by atomic mass is 16.1. The maximum Gasteiger partial charge on any atom is 0.257 e. The molecular weight excluding hydrogens is 402 g/mol. The highest BCUT2D eigenvalue weighted by Gasteiger charge is 2.16. The van der Waals surface area contributed by atoms with Gasteiger partial charge in [0.15, 0.2) is 0 Å². The maximum absolute atomic E-state index is 12.7. The second kappa shape index (κ2) is 8.37. The van der Waals surface area contributed by atoms with Crippen molar-refractivity contribution in [2.75, 3.05) is 10.6 Å². The molecule has 162 valence electrons. The monoisotopic (exact) mass is 427 g/mol. The lowest BCUT2D eigenvalue weighted by molar-refractivity contribution is 0.102. The van der Waals surface area contributed by atoms with Crippen LogP contribution in [0, 0.1) is 0 Å². The fourth-order valence-electron chi connectivity index (χ4n) is 4.02. The quantitative estimate of drug-likeness (QED) is 0.480. The number of nitrogens with one attached hydrogen (secondary N) is 2. The molecule has 32 heavy (non-hydrogen) atoms. The summed E-state index contributed by atoms with van der Waals surface area (Å²) in [6.45, 7) is 4.85. The first-order chi connectivity index (χ1) is 15.6. The van der Waals surface area contributed by atoms with Crippen LogP contribution < -0.4 is 10.6 Å². The van der Waals surface area contributed by atoms with Crippen molar-refractivity contribution in [3.8, 4) is 0 Å². The second-order valence-corrected chi connectivity index (χ2v) is 8.08. The number of nitrogens with zero attached hydrogens (tertiary/aromatic N) is 5. The summed E-state index contributed by atoms with van der Waals surface area (Å²) in [6, 6.07) is 9.73. The third-order valence-corrected chi connectivity index (χ3v) is 5.79. The Morgan fingerprint density at radius 1 is 1.19 bits per heavy atom. The Morgan fingerprint density at radius 3 is 2.97 bits per heavy atom. The van der Waals surface area contributed by atoms with Gasteiger partial charge in [0.25, 0.3) is 5.91 Å². The van der Waals surface area contributed by atoms with E-state index in [1.54, 1.807) is 12.4 Å². The van der Waals surface area contributed by atoms with Crippen molar-refractivity contribution in [2.45, 2.75) is 45.7 Å². The van der Waals surface area contributed by atoms with Crippen molar-refractivity contribution in [1.82, 2.24) is 24.7 Å². The van der Waals surface area contributed by atoms with Crippen molar-refractivity contribution in [3.63, 3.8) is 0 Å². The van der Waals surface area contributed by atoms with E-state index in [-0.39, 0.29) is 11.9 Å². The van der Waals surface area contributed by atoms with Crippen molar-refractivity contribution in [2.24, 2.45) is 0 Å². The van der Waals surface area contributed by atoms with Crippen LogP contribution in [0.4, 0.5) is 11.5 Å². The summed E-state index contributed by atoms with van der Waals surface area (Å²) in [6.07, 6.45) is 8.38. The van der Waals surface area contributed by atoms with Gasteiger partial charge >= 0.3 is 0 Å². The summed E-state index contributed by atoms with van der Waals surface area (Å²) in [5, 5.41) is 10.8. The molecule has 2 N–H and O–H groups in total. The number of carbonyl (C=O) groups excluding carboxylic acids is 1. The first kappa shape index (κ1) is 20.1. The number of carbonyl (C=O) groups is 1. The number of hydrogen-bond donors (Lipinski definition) is 2. The SMILES string of the molecule is CCn1cc2ncc(N[C@@H](C)c3cccc(NC(=O)c4cnc5c(c4)CCC5)c3)nc2n1. The van der Waals surface area contributed by atoms with Gasteiger partial charge in [-0.25, -0.2) is 9.97 Å². The minimum atomic E-state index is -0.146. The summed E-state index contributed by atoms with van der Waals surface area (Å²) in [5.41, 5.74) is 6.05. The molecule has 0 unspecified atom stereocenters. The topological polar surface area (TPSA) is 97.6 Å². The number of rotatable bonds is 6. The number of pyridine rings is 1. The number of anilines is 2. The summed E-state index contributed by atoms with van der Waals surface area (Å²) >= 11 is 0. The van der Waals surface area contributed by atoms with Gasteiger partial charge in [-0.05, 0) is 62.4 Å². The molecule has 1 aliphatic rings. The van der Waals surface area contributed by atoms with Gasteiger partial charge in [-0.2, -0.15) is 5.10 Å². The zero-order valence-corrected chi connectivity index (χ0v) is 18.2. The second-order valence-electron chi connectivity index (χ2n) is 8.08. The van der Waals surface area contributed by atoms with Crippen LogP contribution in [0.1, 0.15) is 53.5 Å². The van der Waals surface area contributed by atoms with E-state index in [9.17, 15) is 4.79 Å². The fourth-order valence-corrected chi connectivity index (χ4v) is 4.02. The van der Waals surface area contributed by atoms with Gasteiger partial charge in [-0.3, -0.25) is 14.5 Å². The summed E-state index contributed by atoms with van der Waals surface area (Å²) in [4.78, 5) is 26.2. The minimum absolute atomic E-state index is 0.0338. The smallest absolute Gasteiger partial charge is 0.257 e. The number of hydrogen-bond acceptors (Lipinski definition) is 6. The molecule has 0 saturated carbocycles. The van der Waals surface area contributed by atoms with E-state index >= 15 is 0 Å². The van der Waals surface area contributed by atoms with E-state index in [0.29, 0.717) is 17.0 Å². The molecule has 3 heterocycles. The van der Waals surface area contributed by atoms with Gasteiger partial charge in [0.05, 0.1) is 24.0 Å². The van der Waals surface area contributed by atoms with E-state index in [1.165, 1.54) is 5.56 Å². The van der Waals surface area contributed by atoms with Crippen molar-refractivity contribution < 1.29 is 4.79 Å². The molecule has 5 rings (SSSR count). The lowest BCUT2D eigenvalue weighted by Gasteiger charge is -2.16. The van der Waals surface area contributed by atoms with Gasteiger partial charge < -0.3 is 10.6 Å². The molecule has 0 fully saturated rings. The molecule has 1 aliphatic carbocycles. The maximum atomic E-state index is 12.7. The Hall–Kier alpha value is -3.81. The molecule has 0 aliphatic heterocycles. The molecule has 1 aromatic carbocycles. The standard InChI is InChI=1S/C24H25N7O/c1-3-31-14-21-23(30-31)29-22(13-26-21)27-15(2)16-6-4-8-19(11-16)28-24(32)18-10-17-7-5-9-20(17)25-12-18/h4,6,8,10-15H,3,5,7,9H2,1-2H3,(H,28,32)(H,27,29,30)/t15-/m0/s1. The Bertz CT molecular complexity index is 1300. The molecule has 4 aromatic rings. The molecule has 8 nitrogen and oxygen atoms in total. The Kier molecular flexibility index (Phi) is 5.26. The molecule has 3 aromatic heterocycles.